The fraction of sp³-hybridized carbons (Fsp3) is 0.538. The van der Waals surface area contributed by atoms with E-state index in [2.05, 4.69) is 22.9 Å². The summed E-state index contributed by atoms with van der Waals surface area (Å²) in [6.07, 6.45) is 2.11. The number of rotatable bonds is 7. The lowest BCUT2D eigenvalue weighted by molar-refractivity contribution is 0.265. The van der Waals surface area contributed by atoms with Crippen LogP contribution in [0.25, 0.3) is 0 Å². The minimum Gasteiger partial charge on any atom is -0.490 e. The quantitative estimate of drug-likeness (QED) is 0.783. The molecule has 0 aliphatic rings. The van der Waals surface area contributed by atoms with Crippen LogP contribution in [0.15, 0.2) is 16.6 Å². The molecule has 17 heavy (non-hydrogen) atoms. The first-order valence-electron chi connectivity index (χ1n) is 5.91. The molecule has 0 radical (unpaired) electrons. The molecule has 0 amide bonds. The highest BCUT2D eigenvalue weighted by Crippen LogP contribution is 2.37. The lowest BCUT2D eigenvalue weighted by Gasteiger charge is -2.14. The molecule has 3 nitrogen and oxygen atoms in total. The number of halogens is 1. The average molecular weight is 303 g/mol. The van der Waals surface area contributed by atoms with Crippen molar-refractivity contribution in [3.8, 4) is 11.5 Å². The van der Waals surface area contributed by atoms with Gasteiger partial charge in [0.05, 0.1) is 24.3 Å². The molecular formula is C13H19BrO3. The van der Waals surface area contributed by atoms with E-state index in [1.165, 1.54) is 0 Å². The number of hydrogen-bond donors (Lipinski definition) is 1. The van der Waals surface area contributed by atoms with Crippen molar-refractivity contribution in [2.75, 3.05) is 13.2 Å². The normalized spacial score (nSPS) is 10.4. The van der Waals surface area contributed by atoms with Crippen molar-refractivity contribution in [1.29, 1.82) is 0 Å². The molecule has 4 heteroatoms. The molecule has 0 aromatic heterocycles. The van der Waals surface area contributed by atoms with Gasteiger partial charge in [-0.1, -0.05) is 13.3 Å². The smallest absolute Gasteiger partial charge is 0.175 e. The predicted octanol–water partition coefficient (Wildman–Crippen LogP) is 3.52. The first-order valence-corrected chi connectivity index (χ1v) is 6.71. The summed E-state index contributed by atoms with van der Waals surface area (Å²) < 4.78 is 12.1. The van der Waals surface area contributed by atoms with Crippen LogP contribution in [-0.4, -0.2) is 18.3 Å². The van der Waals surface area contributed by atoms with Crippen molar-refractivity contribution >= 4 is 15.9 Å². The summed E-state index contributed by atoms with van der Waals surface area (Å²) in [5.41, 5.74) is 0.808. The maximum atomic E-state index is 9.14. The molecule has 0 atom stereocenters. The Labute approximate surface area is 111 Å². The van der Waals surface area contributed by atoms with Gasteiger partial charge in [0, 0.05) is 0 Å². The number of unbranched alkanes of at least 4 members (excludes halogenated alkanes) is 1. The minimum absolute atomic E-state index is 0.00604. The predicted molar refractivity (Wildman–Crippen MR) is 71.6 cm³/mol. The van der Waals surface area contributed by atoms with Crippen LogP contribution in [0.5, 0.6) is 11.5 Å². The summed E-state index contributed by atoms with van der Waals surface area (Å²) in [6.45, 7) is 5.29. The van der Waals surface area contributed by atoms with Crippen molar-refractivity contribution < 1.29 is 14.6 Å². The molecule has 0 heterocycles. The van der Waals surface area contributed by atoms with E-state index in [0.717, 1.165) is 28.6 Å². The van der Waals surface area contributed by atoms with E-state index in [9.17, 15) is 0 Å². The van der Waals surface area contributed by atoms with Gasteiger partial charge in [0.15, 0.2) is 11.5 Å². The monoisotopic (exact) mass is 302 g/mol. The summed E-state index contributed by atoms with van der Waals surface area (Å²) >= 11 is 3.44. The molecule has 0 unspecified atom stereocenters. The fourth-order valence-electron chi connectivity index (χ4n) is 1.43. The second-order valence-corrected chi connectivity index (χ2v) is 4.55. The van der Waals surface area contributed by atoms with Gasteiger partial charge < -0.3 is 14.6 Å². The van der Waals surface area contributed by atoms with E-state index in [1.54, 1.807) is 0 Å². The third kappa shape index (κ3) is 4.21. The first-order chi connectivity index (χ1) is 8.22. The minimum atomic E-state index is -0.00604. The number of ether oxygens (including phenoxy) is 2. The van der Waals surface area contributed by atoms with E-state index in [1.807, 2.05) is 19.1 Å². The number of aliphatic hydroxyl groups excluding tert-OH is 1. The van der Waals surface area contributed by atoms with E-state index >= 15 is 0 Å². The molecule has 1 rings (SSSR count). The largest absolute Gasteiger partial charge is 0.490 e. The van der Waals surface area contributed by atoms with Crippen molar-refractivity contribution in [2.45, 2.75) is 33.3 Å². The molecule has 1 N–H and O–H groups in total. The Kier molecular flexibility index (Phi) is 6.37. The Balaban J connectivity index is 2.90. The van der Waals surface area contributed by atoms with Crippen LogP contribution < -0.4 is 9.47 Å². The molecule has 0 bridgehead atoms. The number of aliphatic hydroxyl groups is 1. The molecule has 0 fully saturated rings. The molecule has 96 valence electrons. The molecule has 0 aliphatic carbocycles. The van der Waals surface area contributed by atoms with E-state index < -0.39 is 0 Å². The summed E-state index contributed by atoms with van der Waals surface area (Å²) in [7, 11) is 0. The second kappa shape index (κ2) is 7.56. The zero-order valence-electron chi connectivity index (χ0n) is 10.3. The highest BCUT2D eigenvalue weighted by molar-refractivity contribution is 9.10. The summed E-state index contributed by atoms with van der Waals surface area (Å²) in [4.78, 5) is 0. The van der Waals surface area contributed by atoms with Crippen molar-refractivity contribution in [1.82, 2.24) is 0 Å². The fourth-order valence-corrected chi connectivity index (χ4v) is 2.04. The van der Waals surface area contributed by atoms with Crippen LogP contribution in [0.4, 0.5) is 0 Å². The second-order valence-electron chi connectivity index (χ2n) is 3.70. The van der Waals surface area contributed by atoms with Crippen molar-refractivity contribution in [3.05, 3.63) is 22.2 Å². The van der Waals surface area contributed by atoms with Crippen LogP contribution in [0, 0.1) is 0 Å². The molecule has 0 aliphatic heterocycles. The van der Waals surface area contributed by atoms with Gasteiger partial charge in [-0.25, -0.2) is 0 Å². The Morgan fingerprint density at radius 2 is 2.00 bits per heavy atom. The summed E-state index contributed by atoms with van der Waals surface area (Å²) in [5.74, 6) is 1.40. The van der Waals surface area contributed by atoms with Gasteiger partial charge in [-0.3, -0.25) is 0 Å². The van der Waals surface area contributed by atoms with E-state index in [4.69, 9.17) is 14.6 Å². The lowest BCUT2D eigenvalue weighted by Crippen LogP contribution is -2.02. The molecule has 1 aromatic rings. The van der Waals surface area contributed by atoms with Crippen LogP contribution in [0.3, 0.4) is 0 Å². The zero-order valence-corrected chi connectivity index (χ0v) is 11.9. The van der Waals surface area contributed by atoms with Gasteiger partial charge in [0.25, 0.3) is 0 Å². The van der Waals surface area contributed by atoms with Crippen LogP contribution >= 0.6 is 15.9 Å². The SMILES string of the molecule is CCCCOc1c(Br)cc(CO)cc1OCC. The Bertz CT molecular complexity index is 353. The van der Waals surface area contributed by atoms with Gasteiger partial charge in [0.1, 0.15) is 0 Å². The maximum Gasteiger partial charge on any atom is 0.175 e. The van der Waals surface area contributed by atoms with Crippen molar-refractivity contribution in [2.24, 2.45) is 0 Å². The maximum absolute atomic E-state index is 9.14. The standard InChI is InChI=1S/C13H19BrO3/c1-3-5-6-17-13-11(14)7-10(9-15)8-12(13)16-4-2/h7-8,15H,3-6,9H2,1-2H3. The molecule has 0 saturated heterocycles. The van der Waals surface area contributed by atoms with Crippen LogP contribution in [0.2, 0.25) is 0 Å². The first kappa shape index (κ1) is 14.3. The van der Waals surface area contributed by atoms with Crippen LogP contribution in [-0.2, 0) is 6.61 Å². The van der Waals surface area contributed by atoms with Crippen molar-refractivity contribution in [3.63, 3.8) is 0 Å². The molecular weight excluding hydrogens is 284 g/mol. The zero-order chi connectivity index (χ0) is 12.7. The molecule has 0 spiro atoms. The van der Waals surface area contributed by atoms with Gasteiger partial charge in [-0.15, -0.1) is 0 Å². The molecule has 0 saturated carbocycles. The Hall–Kier alpha value is -0.740. The summed E-state index contributed by atoms with van der Waals surface area (Å²) in [5, 5.41) is 9.14. The third-order valence-electron chi connectivity index (χ3n) is 2.30. The van der Waals surface area contributed by atoms with Gasteiger partial charge in [-0.05, 0) is 47.0 Å². The average Bonchev–Trinajstić information content (AvgIpc) is 2.32. The Morgan fingerprint density at radius 1 is 1.24 bits per heavy atom. The number of hydrogen-bond acceptors (Lipinski definition) is 3. The number of benzene rings is 1. The van der Waals surface area contributed by atoms with Crippen LogP contribution in [0.1, 0.15) is 32.3 Å². The van der Waals surface area contributed by atoms with Gasteiger partial charge in [-0.2, -0.15) is 0 Å². The van der Waals surface area contributed by atoms with E-state index in [-0.39, 0.29) is 6.61 Å². The Morgan fingerprint density at radius 3 is 2.59 bits per heavy atom. The highest BCUT2D eigenvalue weighted by Gasteiger charge is 2.11. The third-order valence-corrected chi connectivity index (χ3v) is 2.89. The lowest BCUT2D eigenvalue weighted by atomic mass is 10.2. The van der Waals surface area contributed by atoms with Gasteiger partial charge in [0.2, 0.25) is 0 Å². The van der Waals surface area contributed by atoms with E-state index in [0.29, 0.717) is 19.0 Å². The topological polar surface area (TPSA) is 38.7 Å². The summed E-state index contributed by atoms with van der Waals surface area (Å²) in [6, 6.07) is 3.67. The van der Waals surface area contributed by atoms with Gasteiger partial charge >= 0.3 is 0 Å². The highest BCUT2D eigenvalue weighted by atomic mass is 79.9. The molecule has 1 aromatic carbocycles.